The zero-order valence-electron chi connectivity index (χ0n) is 24.7. The summed E-state index contributed by atoms with van der Waals surface area (Å²) in [4.78, 5) is 52.9. The van der Waals surface area contributed by atoms with Crippen LogP contribution in [0.1, 0.15) is 39.2 Å². The number of fused-ring (bicyclic) bond motifs is 1. The summed E-state index contributed by atoms with van der Waals surface area (Å²) in [5.41, 5.74) is 0.947. The zero-order chi connectivity index (χ0) is 32.4. The second-order valence-electron chi connectivity index (χ2n) is 11.1. The van der Waals surface area contributed by atoms with Crippen molar-refractivity contribution in [3.8, 4) is 5.69 Å². The summed E-state index contributed by atoms with van der Waals surface area (Å²) < 4.78 is 54.6. The molecule has 3 heterocycles. The third-order valence-electron chi connectivity index (χ3n) is 8.17. The fraction of sp³-hybridized carbons (Fsp3) is 0.419. The fourth-order valence-corrected chi connectivity index (χ4v) is 5.87. The number of amides is 1. The highest BCUT2D eigenvalue weighted by Crippen LogP contribution is 2.28. The summed E-state index contributed by atoms with van der Waals surface area (Å²) in [5.74, 6) is -3.22. The molecule has 2 aliphatic heterocycles. The van der Waals surface area contributed by atoms with Gasteiger partial charge in [0.2, 0.25) is 6.43 Å². The highest BCUT2D eigenvalue weighted by atomic mass is 19.3. The predicted molar refractivity (Wildman–Crippen MR) is 157 cm³/mol. The molecule has 1 fully saturated rings. The molecule has 1 aromatic heterocycles. The van der Waals surface area contributed by atoms with Crippen LogP contribution < -0.4 is 21.5 Å². The number of carboxylic acid groups (broad SMARTS) is 1. The Bertz CT molecular complexity index is 1700. The van der Waals surface area contributed by atoms with Gasteiger partial charge in [-0.15, -0.1) is 0 Å². The van der Waals surface area contributed by atoms with E-state index in [0.29, 0.717) is 35.5 Å². The molecule has 11 nitrogen and oxygen atoms in total. The van der Waals surface area contributed by atoms with Gasteiger partial charge in [0.05, 0.1) is 49.3 Å². The van der Waals surface area contributed by atoms with Gasteiger partial charge in [-0.25, -0.2) is 27.3 Å². The van der Waals surface area contributed by atoms with Crippen molar-refractivity contribution < 1.29 is 37.3 Å². The van der Waals surface area contributed by atoms with Crippen LogP contribution in [0.15, 0.2) is 46.0 Å². The maximum absolute atomic E-state index is 15.3. The molecular formula is C31H33F3N4O7. The Balaban J connectivity index is 1.33. The van der Waals surface area contributed by atoms with E-state index in [4.69, 9.17) is 9.47 Å². The number of carbonyl (C=O) groups excluding carboxylic acids is 1. The largest absolute Gasteiger partial charge is 0.480 e. The Labute approximate surface area is 255 Å². The number of anilines is 1. The molecule has 0 radical (unpaired) electrons. The number of carbonyl (C=O) groups is 2. The fourth-order valence-electron chi connectivity index (χ4n) is 5.87. The number of nitrogens with zero attached hydrogens (tertiary/aromatic N) is 3. The molecule has 1 saturated heterocycles. The van der Waals surface area contributed by atoms with Crippen LogP contribution in [0, 0.1) is 12.7 Å². The van der Waals surface area contributed by atoms with Crippen molar-refractivity contribution in [1.82, 2.24) is 14.5 Å². The number of benzene rings is 2. The molecular weight excluding hydrogens is 597 g/mol. The Morgan fingerprint density at radius 1 is 1.09 bits per heavy atom. The van der Waals surface area contributed by atoms with Crippen molar-refractivity contribution in [2.24, 2.45) is 7.05 Å². The molecule has 5 rings (SSSR count). The van der Waals surface area contributed by atoms with Gasteiger partial charge in [0.15, 0.2) is 0 Å². The number of aliphatic carboxylic acids is 1. The summed E-state index contributed by atoms with van der Waals surface area (Å²) in [6.07, 6.45) is -2.76. The number of alkyl halides is 2. The van der Waals surface area contributed by atoms with Gasteiger partial charge in [-0.3, -0.25) is 14.2 Å². The van der Waals surface area contributed by atoms with Crippen molar-refractivity contribution in [3.63, 3.8) is 0 Å². The normalized spacial score (nSPS) is 17.2. The third kappa shape index (κ3) is 6.66. The van der Waals surface area contributed by atoms with Gasteiger partial charge in [-0.1, -0.05) is 12.1 Å². The quantitative estimate of drug-likeness (QED) is 0.369. The lowest BCUT2D eigenvalue weighted by molar-refractivity contribution is -0.139. The maximum Gasteiger partial charge on any atom is 0.335 e. The first kappa shape index (κ1) is 32.0. The van der Waals surface area contributed by atoms with Gasteiger partial charge >= 0.3 is 11.7 Å². The molecule has 2 aliphatic rings. The second kappa shape index (κ2) is 13.3. The molecule has 14 heteroatoms. The number of ether oxygens (including phenoxy) is 2. The minimum atomic E-state index is -2.58. The molecule has 0 bridgehead atoms. The van der Waals surface area contributed by atoms with Crippen LogP contribution in [0.4, 0.5) is 18.9 Å². The Morgan fingerprint density at radius 3 is 2.49 bits per heavy atom. The number of carboxylic acids is 1. The van der Waals surface area contributed by atoms with E-state index in [9.17, 15) is 33.1 Å². The van der Waals surface area contributed by atoms with Gasteiger partial charge in [0, 0.05) is 44.2 Å². The van der Waals surface area contributed by atoms with Crippen molar-refractivity contribution >= 4 is 17.6 Å². The lowest BCUT2D eigenvalue weighted by atomic mass is 10.0. The van der Waals surface area contributed by atoms with Gasteiger partial charge in [-0.2, -0.15) is 0 Å². The molecule has 1 amide bonds. The molecule has 0 spiro atoms. The molecule has 0 saturated carbocycles. The first-order chi connectivity index (χ1) is 21.5. The van der Waals surface area contributed by atoms with Crippen molar-refractivity contribution in [3.05, 3.63) is 91.0 Å². The highest BCUT2D eigenvalue weighted by molar-refractivity contribution is 5.98. The molecule has 240 valence electrons. The molecule has 2 aromatic carbocycles. The standard InChI is InChI=1S/C31H33F3N4O7/c1-17-11-20(37-8-10-45-15-21(37)14-26(33)34)13-23(32)27(17)28(39)35-24(30(41)42)12-18-3-5-19(6-4-18)38-29(40)22-16-44-9-7-25(22)36(2)31(38)43/h3-6,11,13,21,24,26H,7-10,12,14-16H2,1-2H3,(H,35,39)(H,41,42)/t21-,24-/m0/s1. The number of aryl methyl sites for hydroxylation is 1. The minimum Gasteiger partial charge on any atom is -0.480 e. The molecule has 0 unspecified atom stereocenters. The number of hydrogen-bond donors (Lipinski definition) is 2. The number of nitrogens with one attached hydrogen (secondary N) is 1. The summed E-state index contributed by atoms with van der Waals surface area (Å²) in [7, 11) is 1.59. The van der Waals surface area contributed by atoms with E-state index in [1.807, 2.05) is 0 Å². The Morgan fingerprint density at radius 2 is 1.82 bits per heavy atom. The van der Waals surface area contributed by atoms with Crippen molar-refractivity contribution in [2.45, 2.75) is 51.3 Å². The lowest BCUT2D eigenvalue weighted by Crippen LogP contribution is -2.46. The number of hydrogen-bond acceptors (Lipinski definition) is 7. The first-order valence-electron chi connectivity index (χ1n) is 14.4. The maximum atomic E-state index is 15.3. The summed E-state index contributed by atoms with van der Waals surface area (Å²) in [6.45, 7) is 2.60. The van der Waals surface area contributed by atoms with Crippen LogP contribution in [0.3, 0.4) is 0 Å². The van der Waals surface area contributed by atoms with Crippen LogP contribution in [-0.4, -0.2) is 71.0 Å². The van der Waals surface area contributed by atoms with Crippen LogP contribution in [0.5, 0.6) is 0 Å². The number of morpholine rings is 1. The monoisotopic (exact) mass is 630 g/mol. The first-order valence-corrected chi connectivity index (χ1v) is 14.4. The number of rotatable bonds is 9. The third-order valence-corrected chi connectivity index (χ3v) is 8.17. The van der Waals surface area contributed by atoms with E-state index in [0.717, 1.165) is 10.6 Å². The number of aromatic nitrogens is 2. The van der Waals surface area contributed by atoms with Crippen LogP contribution in [0.2, 0.25) is 0 Å². The van der Waals surface area contributed by atoms with E-state index in [1.165, 1.54) is 41.8 Å². The van der Waals surface area contributed by atoms with Gasteiger partial charge in [0.1, 0.15) is 11.9 Å². The van der Waals surface area contributed by atoms with Gasteiger partial charge < -0.3 is 24.8 Å². The highest BCUT2D eigenvalue weighted by Gasteiger charge is 2.29. The van der Waals surface area contributed by atoms with Crippen molar-refractivity contribution in [1.29, 1.82) is 0 Å². The molecule has 2 atom stereocenters. The minimum absolute atomic E-state index is 0.0597. The van der Waals surface area contributed by atoms with E-state index in [-0.39, 0.29) is 49.6 Å². The topological polar surface area (TPSA) is 132 Å². The van der Waals surface area contributed by atoms with E-state index in [1.54, 1.807) is 11.9 Å². The van der Waals surface area contributed by atoms with Gasteiger partial charge in [0.25, 0.3) is 11.5 Å². The zero-order valence-corrected chi connectivity index (χ0v) is 24.7. The van der Waals surface area contributed by atoms with E-state index in [2.05, 4.69) is 5.32 Å². The second-order valence-corrected chi connectivity index (χ2v) is 11.1. The summed E-state index contributed by atoms with van der Waals surface area (Å²) in [5, 5.41) is 12.2. The summed E-state index contributed by atoms with van der Waals surface area (Å²) >= 11 is 0. The van der Waals surface area contributed by atoms with Crippen LogP contribution in [-0.2, 0) is 40.8 Å². The molecule has 3 aromatic rings. The average Bonchev–Trinajstić information content (AvgIpc) is 3.00. The molecule has 2 N–H and O–H groups in total. The van der Waals surface area contributed by atoms with Crippen LogP contribution >= 0.6 is 0 Å². The number of halogens is 3. The molecule has 0 aliphatic carbocycles. The summed E-state index contributed by atoms with van der Waals surface area (Å²) in [6, 6.07) is 6.58. The predicted octanol–water partition coefficient (Wildman–Crippen LogP) is 2.34. The Kier molecular flexibility index (Phi) is 9.44. The van der Waals surface area contributed by atoms with E-state index >= 15 is 4.39 Å². The van der Waals surface area contributed by atoms with Crippen molar-refractivity contribution in [2.75, 3.05) is 31.3 Å². The SMILES string of the molecule is Cc1cc(N2CCOC[C@@H]2CC(F)F)cc(F)c1C(=O)N[C@@H](Cc1ccc(-n2c(=O)c3c(n(C)c2=O)CCOC3)cc1)C(=O)O. The Hall–Kier alpha value is -4.43. The molecule has 45 heavy (non-hydrogen) atoms. The average molecular weight is 631 g/mol. The lowest BCUT2D eigenvalue weighted by Gasteiger charge is -2.37. The smallest absolute Gasteiger partial charge is 0.335 e. The van der Waals surface area contributed by atoms with E-state index < -0.39 is 53.9 Å². The van der Waals surface area contributed by atoms with Gasteiger partial charge in [-0.05, 0) is 42.3 Å². The van der Waals surface area contributed by atoms with Crippen LogP contribution in [0.25, 0.3) is 5.69 Å².